The fourth-order valence-electron chi connectivity index (χ4n) is 2.18. The number of carbonyl (C=O) groups excluding carboxylic acids is 1. The van der Waals surface area contributed by atoms with E-state index in [1.54, 1.807) is 11.8 Å². The largest absolute Gasteiger partial charge is 0.478 e. The van der Waals surface area contributed by atoms with Crippen molar-refractivity contribution in [1.82, 2.24) is 5.32 Å². The van der Waals surface area contributed by atoms with E-state index in [-0.39, 0.29) is 21.4 Å². The van der Waals surface area contributed by atoms with E-state index in [4.69, 9.17) is 16.7 Å². The fraction of sp³-hybridized carbons (Fsp3) is 0.429. The number of thioether (sulfide) groups is 1. The lowest BCUT2D eigenvalue weighted by molar-refractivity contribution is 0.0697. The van der Waals surface area contributed by atoms with E-state index in [2.05, 4.69) is 16.9 Å². The Hall–Kier alpha value is -1.40. The third-order valence-electron chi connectivity index (χ3n) is 3.73. The highest BCUT2D eigenvalue weighted by molar-refractivity contribution is 8.00. The van der Waals surface area contributed by atoms with Crippen LogP contribution in [-0.4, -0.2) is 34.7 Å². The summed E-state index contributed by atoms with van der Waals surface area (Å²) < 4.78 is 0.161. The molecule has 0 saturated heterocycles. The SMILES string of the molecule is CSC1(CNC(=O)Nc2ccc(C(=O)O)cc2Cl)CCC1. The van der Waals surface area contributed by atoms with Crippen molar-refractivity contribution in [3.05, 3.63) is 28.8 Å². The second kappa shape index (κ2) is 6.58. The fourth-order valence-corrected chi connectivity index (χ4v) is 3.32. The van der Waals surface area contributed by atoms with Crippen LogP contribution >= 0.6 is 23.4 Å². The predicted molar refractivity (Wildman–Crippen MR) is 85.5 cm³/mol. The van der Waals surface area contributed by atoms with E-state index in [9.17, 15) is 9.59 Å². The van der Waals surface area contributed by atoms with Crippen molar-refractivity contribution in [2.75, 3.05) is 18.1 Å². The lowest BCUT2D eigenvalue weighted by atomic mass is 9.84. The molecule has 3 N–H and O–H groups in total. The summed E-state index contributed by atoms with van der Waals surface area (Å²) in [4.78, 5) is 22.7. The summed E-state index contributed by atoms with van der Waals surface area (Å²) in [5.74, 6) is -1.06. The predicted octanol–water partition coefficient (Wildman–Crippen LogP) is 3.45. The lowest BCUT2D eigenvalue weighted by Gasteiger charge is -2.40. The normalized spacial score (nSPS) is 15.9. The number of carbonyl (C=O) groups is 2. The van der Waals surface area contributed by atoms with Gasteiger partial charge in [-0.1, -0.05) is 18.0 Å². The number of hydrogen-bond acceptors (Lipinski definition) is 3. The van der Waals surface area contributed by atoms with Crippen molar-refractivity contribution in [3.8, 4) is 0 Å². The molecule has 0 aromatic heterocycles. The van der Waals surface area contributed by atoms with Gasteiger partial charge in [-0.25, -0.2) is 9.59 Å². The standard InChI is InChI=1S/C14H17ClN2O3S/c1-21-14(5-2-6-14)8-16-13(20)17-11-4-3-9(12(18)19)7-10(11)15/h3-4,7H,2,5-6,8H2,1H3,(H,18,19)(H2,16,17,20). The first-order valence-electron chi connectivity index (χ1n) is 6.59. The van der Waals surface area contributed by atoms with Crippen LogP contribution in [0.15, 0.2) is 18.2 Å². The first-order chi connectivity index (χ1) is 9.96. The van der Waals surface area contributed by atoms with E-state index in [1.165, 1.54) is 24.6 Å². The van der Waals surface area contributed by atoms with Gasteiger partial charge in [0.25, 0.3) is 0 Å². The number of urea groups is 1. The number of nitrogens with one attached hydrogen (secondary N) is 2. The van der Waals surface area contributed by atoms with Crippen molar-refractivity contribution in [3.63, 3.8) is 0 Å². The molecule has 1 aromatic carbocycles. The van der Waals surface area contributed by atoms with Gasteiger partial charge in [-0.3, -0.25) is 0 Å². The highest BCUT2D eigenvalue weighted by Gasteiger charge is 2.36. The average molecular weight is 329 g/mol. The summed E-state index contributed by atoms with van der Waals surface area (Å²) in [5, 5.41) is 14.5. The van der Waals surface area contributed by atoms with E-state index < -0.39 is 5.97 Å². The van der Waals surface area contributed by atoms with Crippen molar-refractivity contribution in [2.24, 2.45) is 0 Å². The third-order valence-corrected chi connectivity index (χ3v) is 5.46. The molecule has 7 heteroatoms. The molecule has 0 radical (unpaired) electrons. The summed E-state index contributed by atoms with van der Waals surface area (Å²) in [6.07, 6.45) is 5.48. The van der Waals surface area contributed by atoms with Crippen LogP contribution in [0, 0.1) is 0 Å². The van der Waals surface area contributed by atoms with Crippen LogP contribution < -0.4 is 10.6 Å². The van der Waals surface area contributed by atoms with Gasteiger partial charge in [-0.2, -0.15) is 11.8 Å². The zero-order valence-electron chi connectivity index (χ0n) is 11.6. The summed E-state index contributed by atoms with van der Waals surface area (Å²) in [7, 11) is 0. The van der Waals surface area contributed by atoms with Crippen LogP contribution in [0.2, 0.25) is 5.02 Å². The topological polar surface area (TPSA) is 78.4 Å². The minimum atomic E-state index is -1.06. The molecule has 1 aliphatic carbocycles. The Bertz CT molecular complexity index is 556. The first kappa shape index (κ1) is 16.0. The number of halogens is 1. The number of aromatic carboxylic acids is 1. The summed E-state index contributed by atoms with van der Waals surface area (Å²) in [5.41, 5.74) is 0.479. The minimum absolute atomic E-state index is 0.0850. The molecule has 1 saturated carbocycles. The number of carboxylic acid groups (broad SMARTS) is 1. The molecule has 0 bridgehead atoms. The lowest BCUT2D eigenvalue weighted by Crippen LogP contribution is -2.46. The van der Waals surface area contributed by atoms with Crippen LogP contribution in [0.3, 0.4) is 0 Å². The van der Waals surface area contributed by atoms with Crippen LogP contribution in [0.1, 0.15) is 29.6 Å². The summed E-state index contributed by atoms with van der Waals surface area (Å²) >= 11 is 7.75. The number of amides is 2. The zero-order valence-corrected chi connectivity index (χ0v) is 13.2. The van der Waals surface area contributed by atoms with Gasteiger partial charge in [0.05, 0.1) is 16.3 Å². The van der Waals surface area contributed by atoms with Crippen LogP contribution in [0.25, 0.3) is 0 Å². The van der Waals surface area contributed by atoms with Crippen molar-refractivity contribution in [2.45, 2.75) is 24.0 Å². The van der Waals surface area contributed by atoms with E-state index in [1.807, 2.05) is 0 Å². The maximum atomic E-state index is 11.9. The van der Waals surface area contributed by atoms with Gasteiger partial charge in [0.15, 0.2) is 0 Å². The van der Waals surface area contributed by atoms with Gasteiger partial charge in [0.2, 0.25) is 0 Å². The number of anilines is 1. The van der Waals surface area contributed by atoms with Crippen molar-refractivity contribution in [1.29, 1.82) is 0 Å². The molecule has 0 aliphatic heterocycles. The van der Waals surface area contributed by atoms with Crippen LogP contribution in [-0.2, 0) is 0 Å². The monoisotopic (exact) mass is 328 g/mol. The van der Waals surface area contributed by atoms with Crippen LogP contribution in [0.4, 0.5) is 10.5 Å². The first-order valence-corrected chi connectivity index (χ1v) is 8.19. The minimum Gasteiger partial charge on any atom is -0.478 e. The van der Waals surface area contributed by atoms with Gasteiger partial charge in [-0.15, -0.1) is 0 Å². The molecule has 114 valence electrons. The molecule has 2 amide bonds. The van der Waals surface area contributed by atoms with Gasteiger partial charge in [0.1, 0.15) is 0 Å². The Labute approximate surface area is 132 Å². The van der Waals surface area contributed by atoms with E-state index in [0.717, 1.165) is 12.8 Å². The third kappa shape index (κ3) is 3.83. The molecule has 1 aromatic rings. The Morgan fingerprint density at radius 1 is 1.43 bits per heavy atom. The molecule has 1 aliphatic rings. The van der Waals surface area contributed by atoms with E-state index >= 15 is 0 Å². The number of carboxylic acids is 1. The molecule has 2 rings (SSSR count). The van der Waals surface area contributed by atoms with Crippen molar-refractivity contribution < 1.29 is 14.7 Å². The molecule has 0 heterocycles. The molecule has 0 atom stereocenters. The number of rotatable bonds is 5. The smallest absolute Gasteiger partial charge is 0.335 e. The van der Waals surface area contributed by atoms with Crippen LogP contribution in [0.5, 0.6) is 0 Å². The second-order valence-corrected chi connectivity index (χ2v) is 6.73. The van der Waals surface area contributed by atoms with Gasteiger partial charge < -0.3 is 15.7 Å². The molecule has 1 fully saturated rings. The van der Waals surface area contributed by atoms with Gasteiger partial charge in [-0.05, 0) is 37.3 Å². The maximum absolute atomic E-state index is 11.9. The zero-order chi connectivity index (χ0) is 15.5. The molecule has 5 nitrogen and oxygen atoms in total. The highest BCUT2D eigenvalue weighted by atomic mass is 35.5. The average Bonchev–Trinajstić information content (AvgIpc) is 2.40. The second-order valence-electron chi connectivity index (χ2n) is 5.05. The van der Waals surface area contributed by atoms with Gasteiger partial charge >= 0.3 is 12.0 Å². The summed E-state index contributed by atoms with van der Waals surface area (Å²) in [6, 6.07) is 3.87. The number of benzene rings is 1. The Morgan fingerprint density at radius 3 is 2.62 bits per heavy atom. The molecular weight excluding hydrogens is 312 g/mol. The highest BCUT2D eigenvalue weighted by Crippen LogP contribution is 2.42. The van der Waals surface area contributed by atoms with E-state index in [0.29, 0.717) is 12.2 Å². The Kier molecular flexibility index (Phi) is 5.00. The molecule has 0 unspecified atom stereocenters. The Morgan fingerprint density at radius 2 is 2.14 bits per heavy atom. The van der Waals surface area contributed by atoms with Crippen molar-refractivity contribution >= 4 is 41.1 Å². The maximum Gasteiger partial charge on any atom is 0.335 e. The number of hydrogen-bond donors (Lipinski definition) is 3. The Balaban J connectivity index is 1.92. The molecule has 0 spiro atoms. The van der Waals surface area contributed by atoms with Gasteiger partial charge in [0, 0.05) is 11.3 Å². The molecule has 21 heavy (non-hydrogen) atoms. The molecular formula is C14H17ClN2O3S. The summed E-state index contributed by atoms with van der Waals surface area (Å²) in [6.45, 7) is 0.616. The quantitative estimate of drug-likeness (QED) is 0.773.